The fourth-order valence-corrected chi connectivity index (χ4v) is 2.57. The molecule has 0 fully saturated rings. The van der Waals surface area contributed by atoms with Crippen LogP contribution in [0.1, 0.15) is 11.4 Å². The van der Waals surface area contributed by atoms with Gasteiger partial charge in [0, 0.05) is 21.1 Å². The summed E-state index contributed by atoms with van der Waals surface area (Å²) in [7, 11) is 6.45. The van der Waals surface area contributed by atoms with Crippen molar-refractivity contribution in [3.8, 4) is 5.75 Å². The van der Waals surface area contributed by atoms with E-state index in [0.717, 1.165) is 15.9 Å². The molecule has 0 atom stereocenters. The molecule has 0 amide bonds. The van der Waals surface area contributed by atoms with Crippen molar-refractivity contribution in [3.63, 3.8) is 0 Å². The van der Waals surface area contributed by atoms with Gasteiger partial charge < -0.3 is 9.30 Å². The number of nitrogens with zero attached hydrogens (tertiary/aromatic N) is 4. The number of ether oxygens (including phenoxy) is 1. The Morgan fingerprint density at radius 2 is 1.62 bits per heavy atom. The van der Waals surface area contributed by atoms with Crippen LogP contribution in [0.2, 0.25) is 0 Å². The first-order valence-electron chi connectivity index (χ1n) is 7.38. The molecule has 0 aliphatic rings. The molecule has 0 N–H and O–H groups in total. The zero-order chi connectivity index (χ0) is 17.4. The average Bonchev–Trinajstić information content (AvgIpc) is 2.93. The van der Waals surface area contributed by atoms with E-state index in [2.05, 4.69) is 4.98 Å². The molecule has 0 aliphatic carbocycles. The Kier molecular flexibility index (Phi) is 3.84. The van der Waals surface area contributed by atoms with E-state index in [1.54, 1.807) is 25.8 Å². The molecule has 1 aromatic carbocycles. The van der Waals surface area contributed by atoms with E-state index in [9.17, 15) is 9.59 Å². The van der Waals surface area contributed by atoms with Gasteiger partial charge in [-0.15, -0.1) is 0 Å². The second-order valence-corrected chi connectivity index (χ2v) is 5.51. The van der Waals surface area contributed by atoms with Crippen molar-refractivity contribution in [3.05, 3.63) is 56.5 Å². The summed E-state index contributed by atoms with van der Waals surface area (Å²) in [5, 5.41) is 0. The lowest BCUT2D eigenvalue weighted by atomic mass is 10.2. The summed E-state index contributed by atoms with van der Waals surface area (Å²) in [4.78, 5) is 28.8. The number of fused-ring (bicyclic) bond motifs is 1. The van der Waals surface area contributed by atoms with Gasteiger partial charge in [-0.1, -0.05) is 18.2 Å². The third kappa shape index (κ3) is 2.44. The van der Waals surface area contributed by atoms with E-state index in [0.29, 0.717) is 17.0 Å². The Morgan fingerprint density at radius 1 is 0.958 bits per heavy atom. The lowest BCUT2D eigenvalue weighted by molar-refractivity contribution is 0.415. The van der Waals surface area contributed by atoms with Crippen LogP contribution in [-0.4, -0.2) is 25.8 Å². The van der Waals surface area contributed by atoms with Gasteiger partial charge >= 0.3 is 5.69 Å². The van der Waals surface area contributed by atoms with E-state index in [1.165, 1.54) is 11.6 Å². The van der Waals surface area contributed by atoms with Gasteiger partial charge in [0.1, 0.15) is 11.6 Å². The lowest BCUT2D eigenvalue weighted by Crippen LogP contribution is -2.37. The minimum absolute atomic E-state index is 0.354. The molecule has 3 aromatic rings. The summed E-state index contributed by atoms with van der Waals surface area (Å²) in [6.07, 6.45) is 3.70. The molecule has 124 valence electrons. The monoisotopic (exact) mass is 326 g/mol. The first-order valence-corrected chi connectivity index (χ1v) is 7.38. The highest BCUT2D eigenvalue weighted by molar-refractivity contribution is 5.76. The SMILES string of the molecule is COc1ccc(C=Cc2nc3c(c(=O)n(C)c(=O)n3C)n2C)cc1. The molecular weight excluding hydrogens is 308 g/mol. The third-order valence-corrected chi connectivity index (χ3v) is 4.05. The molecule has 24 heavy (non-hydrogen) atoms. The molecule has 0 bridgehead atoms. The molecule has 0 radical (unpaired) electrons. The number of benzene rings is 1. The molecule has 0 spiro atoms. The third-order valence-electron chi connectivity index (χ3n) is 4.05. The Hall–Kier alpha value is -3.09. The summed E-state index contributed by atoms with van der Waals surface area (Å²) in [6, 6.07) is 7.58. The van der Waals surface area contributed by atoms with Gasteiger partial charge in [0.05, 0.1) is 7.11 Å². The minimum Gasteiger partial charge on any atom is -0.497 e. The van der Waals surface area contributed by atoms with Crippen molar-refractivity contribution in [1.82, 2.24) is 18.7 Å². The zero-order valence-corrected chi connectivity index (χ0v) is 14.0. The molecule has 2 aromatic heterocycles. The second-order valence-electron chi connectivity index (χ2n) is 5.51. The van der Waals surface area contributed by atoms with Crippen molar-refractivity contribution < 1.29 is 4.74 Å². The van der Waals surface area contributed by atoms with Gasteiger partial charge in [-0.2, -0.15) is 0 Å². The van der Waals surface area contributed by atoms with Crippen molar-refractivity contribution in [2.24, 2.45) is 21.1 Å². The van der Waals surface area contributed by atoms with Crippen LogP contribution >= 0.6 is 0 Å². The highest BCUT2D eigenvalue weighted by Crippen LogP contribution is 2.15. The van der Waals surface area contributed by atoms with Gasteiger partial charge in [-0.05, 0) is 23.8 Å². The Balaban J connectivity index is 2.10. The van der Waals surface area contributed by atoms with Gasteiger partial charge in [0.25, 0.3) is 5.56 Å². The molecule has 7 heteroatoms. The molecule has 2 heterocycles. The normalized spacial score (nSPS) is 11.5. The summed E-state index contributed by atoms with van der Waals surface area (Å²) >= 11 is 0. The molecule has 0 unspecified atom stereocenters. The molecular formula is C17H18N4O3. The number of imidazole rings is 1. The van der Waals surface area contributed by atoms with Gasteiger partial charge in [-0.3, -0.25) is 13.9 Å². The molecule has 0 saturated carbocycles. The Labute approximate surface area is 138 Å². The maximum atomic E-state index is 12.3. The van der Waals surface area contributed by atoms with E-state index in [-0.39, 0.29) is 5.56 Å². The summed E-state index contributed by atoms with van der Waals surface area (Å²) in [6.45, 7) is 0. The van der Waals surface area contributed by atoms with Crippen LogP contribution in [0.25, 0.3) is 23.3 Å². The number of rotatable bonds is 3. The van der Waals surface area contributed by atoms with Crippen LogP contribution in [0.5, 0.6) is 5.75 Å². The van der Waals surface area contributed by atoms with Crippen LogP contribution in [-0.2, 0) is 21.1 Å². The molecule has 7 nitrogen and oxygen atoms in total. The highest BCUT2D eigenvalue weighted by Gasteiger charge is 2.15. The van der Waals surface area contributed by atoms with Crippen LogP contribution in [0.3, 0.4) is 0 Å². The van der Waals surface area contributed by atoms with Crippen LogP contribution in [0.15, 0.2) is 33.9 Å². The fraction of sp³-hybridized carbons (Fsp3) is 0.235. The maximum Gasteiger partial charge on any atom is 0.332 e. The zero-order valence-electron chi connectivity index (χ0n) is 14.0. The van der Waals surface area contributed by atoms with Crippen LogP contribution < -0.4 is 16.0 Å². The number of hydrogen-bond acceptors (Lipinski definition) is 4. The average molecular weight is 326 g/mol. The van der Waals surface area contributed by atoms with Crippen molar-refractivity contribution in [1.29, 1.82) is 0 Å². The van der Waals surface area contributed by atoms with Crippen molar-refractivity contribution >= 4 is 23.3 Å². The van der Waals surface area contributed by atoms with Gasteiger partial charge in [0.15, 0.2) is 11.2 Å². The second kappa shape index (κ2) is 5.84. The summed E-state index contributed by atoms with van der Waals surface area (Å²) < 4.78 is 9.28. The smallest absolute Gasteiger partial charge is 0.332 e. The first kappa shape index (κ1) is 15.8. The predicted octanol–water partition coefficient (Wildman–Crippen LogP) is 1.15. The highest BCUT2D eigenvalue weighted by atomic mass is 16.5. The van der Waals surface area contributed by atoms with Gasteiger partial charge in [-0.25, -0.2) is 9.78 Å². The standard InChI is InChI=1S/C17H18N4O3/c1-19-13(10-7-11-5-8-12(24-4)9-6-11)18-15-14(19)16(22)21(3)17(23)20(15)2/h5-10H,1-4H3. The molecule has 0 aliphatic heterocycles. The molecule has 0 saturated heterocycles. The Bertz CT molecular complexity index is 1050. The number of hydrogen-bond donors (Lipinski definition) is 0. The number of aromatic nitrogens is 4. The van der Waals surface area contributed by atoms with E-state index in [1.807, 2.05) is 36.4 Å². The largest absolute Gasteiger partial charge is 0.497 e. The Morgan fingerprint density at radius 3 is 2.25 bits per heavy atom. The summed E-state index contributed by atoms with van der Waals surface area (Å²) in [5.41, 5.74) is 1.00. The quantitative estimate of drug-likeness (QED) is 0.724. The maximum absolute atomic E-state index is 12.3. The number of methoxy groups -OCH3 is 1. The van der Waals surface area contributed by atoms with E-state index < -0.39 is 5.69 Å². The van der Waals surface area contributed by atoms with Crippen molar-refractivity contribution in [2.75, 3.05) is 7.11 Å². The van der Waals surface area contributed by atoms with E-state index in [4.69, 9.17) is 4.74 Å². The van der Waals surface area contributed by atoms with Crippen LogP contribution in [0.4, 0.5) is 0 Å². The number of aryl methyl sites for hydroxylation is 2. The first-order chi connectivity index (χ1) is 11.4. The minimum atomic E-state index is -0.392. The van der Waals surface area contributed by atoms with E-state index >= 15 is 0 Å². The molecule has 3 rings (SSSR count). The fourth-order valence-electron chi connectivity index (χ4n) is 2.57. The lowest BCUT2D eigenvalue weighted by Gasteiger charge is -2.03. The topological polar surface area (TPSA) is 71.1 Å². The summed E-state index contributed by atoms with van der Waals surface area (Å²) in [5.74, 6) is 1.38. The van der Waals surface area contributed by atoms with Crippen LogP contribution in [0, 0.1) is 0 Å². The van der Waals surface area contributed by atoms with Crippen molar-refractivity contribution in [2.45, 2.75) is 0 Å². The van der Waals surface area contributed by atoms with Gasteiger partial charge in [0.2, 0.25) is 0 Å². The predicted molar refractivity (Wildman–Crippen MR) is 93.1 cm³/mol.